The van der Waals surface area contributed by atoms with Gasteiger partial charge in [-0.05, 0) is 37.1 Å². The van der Waals surface area contributed by atoms with E-state index in [9.17, 15) is 4.79 Å². The van der Waals surface area contributed by atoms with Crippen LogP contribution < -0.4 is 4.74 Å². The van der Waals surface area contributed by atoms with Crippen LogP contribution >= 0.6 is 11.6 Å². The van der Waals surface area contributed by atoms with Crippen LogP contribution in [0.15, 0.2) is 18.2 Å². The van der Waals surface area contributed by atoms with E-state index in [0.29, 0.717) is 13.0 Å². The summed E-state index contributed by atoms with van der Waals surface area (Å²) < 4.78 is 5.54. The molecule has 0 unspecified atom stereocenters. The molecule has 0 heterocycles. The van der Waals surface area contributed by atoms with E-state index in [-0.39, 0.29) is 5.91 Å². The molecule has 0 aromatic heterocycles. The Labute approximate surface area is 107 Å². The first-order valence-electron chi connectivity index (χ1n) is 5.60. The molecule has 4 heteroatoms. The minimum absolute atomic E-state index is 0.126. The van der Waals surface area contributed by atoms with Gasteiger partial charge in [0.15, 0.2) is 0 Å². The molecule has 0 radical (unpaired) electrons. The third-order valence-corrected chi connectivity index (χ3v) is 2.86. The zero-order chi connectivity index (χ0) is 12.8. The Morgan fingerprint density at radius 2 is 2.12 bits per heavy atom. The normalized spacial score (nSPS) is 10.1. The van der Waals surface area contributed by atoms with Gasteiger partial charge in [0, 0.05) is 25.5 Å². The van der Waals surface area contributed by atoms with E-state index in [4.69, 9.17) is 16.3 Å². The summed E-state index contributed by atoms with van der Waals surface area (Å²) >= 11 is 5.91. The van der Waals surface area contributed by atoms with E-state index in [0.717, 1.165) is 22.8 Å². The summed E-state index contributed by atoms with van der Waals surface area (Å²) in [7, 11) is 3.51. The molecular formula is C13H18ClNO2. The molecular weight excluding hydrogens is 238 g/mol. The molecule has 0 atom stereocenters. The fraction of sp³-hybridized carbons (Fsp3) is 0.462. The molecule has 0 saturated heterocycles. The minimum Gasteiger partial charge on any atom is -0.494 e. The molecule has 0 N–H and O–H groups in total. The summed E-state index contributed by atoms with van der Waals surface area (Å²) in [5.74, 6) is 0.921. The van der Waals surface area contributed by atoms with Gasteiger partial charge in [0.05, 0.1) is 6.61 Å². The van der Waals surface area contributed by atoms with Gasteiger partial charge in [-0.25, -0.2) is 0 Å². The van der Waals surface area contributed by atoms with Crippen molar-refractivity contribution < 1.29 is 9.53 Å². The van der Waals surface area contributed by atoms with Crippen LogP contribution in [0.3, 0.4) is 0 Å². The molecule has 0 aliphatic rings. The summed E-state index contributed by atoms with van der Waals surface area (Å²) in [5.41, 5.74) is 0.994. The van der Waals surface area contributed by atoms with E-state index in [1.807, 2.05) is 25.1 Å². The quantitative estimate of drug-likeness (QED) is 0.758. The van der Waals surface area contributed by atoms with Gasteiger partial charge in [-0.1, -0.05) is 11.6 Å². The first-order chi connectivity index (χ1) is 8.00. The maximum atomic E-state index is 11.3. The number of amides is 1. The number of halogens is 1. The third-order valence-electron chi connectivity index (χ3n) is 2.43. The molecule has 0 bridgehead atoms. The molecule has 0 fully saturated rings. The average molecular weight is 256 g/mol. The van der Waals surface area contributed by atoms with Gasteiger partial charge in [0.2, 0.25) is 5.91 Å². The molecule has 1 amide bonds. The van der Waals surface area contributed by atoms with Crippen LogP contribution in [0.25, 0.3) is 0 Å². The lowest BCUT2D eigenvalue weighted by atomic mass is 10.2. The maximum absolute atomic E-state index is 11.3. The Bertz CT molecular complexity index is 391. The van der Waals surface area contributed by atoms with Gasteiger partial charge < -0.3 is 9.64 Å². The van der Waals surface area contributed by atoms with Gasteiger partial charge in [0.25, 0.3) is 0 Å². The number of nitrogens with zero attached hydrogens (tertiary/aromatic N) is 1. The van der Waals surface area contributed by atoms with Crippen LogP contribution in [-0.4, -0.2) is 31.5 Å². The number of benzene rings is 1. The number of carbonyl (C=O) groups excluding carboxylic acids is 1. The topological polar surface area (TPSA) is 29.5 Å². The zero-order valence-corrected chi connectivity index (χ0v) is 11.3. The predicted octanol–water partition coefficient (Wildman–Crippen LogP) is 2.90. The highest BCUT2D eigenvalue weighted by molar-refractivity contribution is 6.31. The van der Waals surface area contributed by atoms with Crippen LogP contribution in [0.1, 0.15) is 18.4 Å². The Kier molecular flexibility index (Phi) is 5.29. The van der Waals surface area contributed by atoms with E-state index >= 15 is 0 Å². The lowest BCUT2D eigenvalue weighted by Gasteiger charge is -2.10. The lowest BCUT2D eigenvalue weighted by molar-refractivity contribution is -0.128. The molecule has 0 spiro atoms. The smallest absolute Gasteiger partial charge is 0.222 e. The second-order valence-corrected chi connectivity index (χ2v) is 4.56. The monoisotopic (exact) mass is 255 g/mol. The summed E-state index contributed by atoms with van der Waals surface area (Å²) in [6.45, 7) is 2.48. The Hall–Kier alpha value is -1.22. The molecule has 94 valence electrons. The lowest BCUT2D eigenvalue weighted by Crippen LogP contribution is -2.21. The number of carbonyl (C=O) groups is 1. The number of hydrogen-bond donors (Lipinski definition) is 0. The number of aryl methyl sites for hydroxylation is 1. The van der Waals surface area contributed by atoms with Crippen LogP contribution in [0.5, 0.6) is 5.75 Å². The minimum atomic E-state index is 0.126. The summed E-state index contributed by atoms with van der Waals surface area (Å²) in [6, 6.07) is 5.55. The summed E-state index contributed by atoms with van der Waals surface area (Å²) in [4.78, 5) is 12.9. The van der Waals surface area contributed by atoms with E-state index < -0.39 is 0 Å². The molecule has 1 rings (SSSR count). The van der Waals surface area contributed by atoms with Crippen LogP contribution in [0, 0.1) is 6.92 Å². The molecule has 3 nitrogen and oxygen atoms in total. The highest BCUT2D eigenvalue weighted by Gasteiger charge is 2.03. The largest absolute Gasteiger partial charge is 0.494 e. The van der Waals surface area contributed by atoms with Crippen molar-refractivity contribution >= 4 is 17.5 Å². The zero-order valence-electron chi connectivity index (χ0n) is 10.5. The summed E-state index contributed by atoms with van der Waals surface area (Å²) in [5, 5.41) is 0.736. The average Bonchev–Trinajstić information content (AvgIpc) is 2.28. The van der Waals surface area contributed by atoms with Crippen molar-refractivity contribution in [2.45, 2.75) is 19.8 Å². The van der Waals surface area contributed by atoms with Crippen molar-refractivity contribution in [3.63, 3.8) is 0 Å². The van der Waals surface area contributed by atoms with Gasteiger partial charge in [-0.3, -0.25) is 4.79 Å². The van der Waals surface area contributed by atoms with Crippen molar-refractivity contribution in [1.82, 2.24) is 4.90 Å². The first-order valence-corrected chi connectivity index (χ1v) is 5.97. The van der Waals surface area contributed by atoms with Crippen molar-refractivity contribution in [2.75, 3.05) is 20.7 Å². The first kappa shape index (κ1) is 13.8. The Balaban J connectivity index is 2.31. The highest BCUT2D eigenvalue weighted by atomic mass is 35.5. The molecule has 17 heavy (non-hydrogen) atoms. The SMILES string of the molecule is Cc1cc(OCCCC(=O)N(C)C)ccc1Cl. The summed E-state index contributed by atoms with van der Waals surface area (Å²) in [6.07, 6.45) is 1.23. The van der Waals surface area contributed by atoms with Crippen molar-refractivity contribution in [2.24, 2.45) is 0 Å². The van der Waals surface area contributed by atoms with Gasteiger partial charge in [-0.2, -0.15) is 0 Å². The second-order valence-electron chi connectivity index (χ2n) is 4.15. The maximum Gasteiger partial charge on any atom is 0.222 e. The molecule has 1 aromatic carbocycles. The second kappa shape index (κ2) is 6.50. The Morgan fingerprint density at radius 1 is 1.41 bits per heavy atom. The van der Waals surface area contributed by atoms with Crippen molar-refractivity contribution in [1.29, 1.82) is 0 Å². The van der Waals surface area contributed by atoms with Crippen molar-refractivity contribution in [3.05, 3.63) is 28.8 Å². The fourth-order valence-corrected chi connectivity index (χ4v) is 1.46. The standard InChI is InChI=1S/C13H18ClNO2/c1-10-9-11(6-7-12(10)14)17-8-4-5-13(16)15(2)3/h6-7,9H,4-5,8H2,1-3H3. The van der Waals surface area contributed by atoms with Crippen LogP contribution in [0.4, 0.5) is 0 Å². The molecule has 0 saturated carbocycles. The van der Waals surface area contributed by atoms with E-state index in [1.165, 1.54) is 0 Å². The Morgan fingerprint density at radius 3 is 2.71 bits per heavy atom. The number of ether oxygens (including phenoxy) is 1. The highest BCUT2D eigenvalue weighted by Crippen LogP contribution is 2.21. The van der Waals surface area contributed by atoms with Crippen molar-refractivity contribution in [3.8, 4) is 5.75 Å². The third kappa shape index (κ3) is 4.65. The van der Waals surface area contributed by atoms with Gasteiger partial charge >= 0.3 is 0 Å². The fourth-order valence-electron chi connectivity index (χ4n) is 1.34. The molecule has 0 aliphatic carbocycles. The molecule has 1 aromatic rings. The van der Waals surface area contributed by atoms with Crippen LogP contribution in [-0.2, 0) is 4.79 Å². The van der Waals surface area contributed by atoms with Gasteiger partial charge in [-0.15, -0.1) is 0 Å². The number of hydrogen-bond acceptors (Lipinski definition) is 2. The number of rotatable bonds is 5. The van der Waals surface area contributed by atoms with Gasteiger partial charge in [0.1, 0.15) is 5.75 Å². The van der Waals surface area contributed by atoms with Crippen LogP contribution in [0.2, 0.25) is 5.02 Å². The predicted molar refractivity (Wildman–Crippen MR) is 69.6 cm³/mol. The van der Waals surface area contributed by atoms with E-state index in [2.05, 4.69) is 0 Å². The van der Waals surface area contributed by atoms with E-state index in [1.54, 1.807) is 19.0 Å². The molecule has 0 aliphatic heterocycles.